The lowest BCUT2D eigenvalue weighted by Gasteiger charge is -2.33. The third-order valence-corrected chi connectivity index (χ3v) is 9.70. The summed E-state index contributed by atoms with van der Waals surface area (Å²) in [6.45, 7) is 3.51. The number of hydrogen-bond acceptors (Lipinski definition) is 6. The number of benzene rings is 3. The molecule has 0 bridgehead atoms. The number of carboxylic acids is 1. The van der Waals surface area contributed by atoms with Gasteiger partial charge in [-0.05, 0) is 41.0 Å². The van der Waals surface area contributed by atoms with E-state index >= 15 is 0 Å². The van der Waals surface area contributed by atoms with E-state index in [0.29, 0.717) is 38.5 Å². The van der Waals surface area contributed by atoms with Crippen LogP contribution in [0.1, 0.15) is 37.9 Å². The van der Waals surface area contributed by atoms with Gasteiger partial charge in [0.25, 0.3) is 0 Å². The zero-order valence-corrected chi connectivity index (χ0v) is 22.5. The molecule has 5 rings (SSSR count). The summed E-state index contributed by atoms with van der Waals surface area (Å²) in [5.74, 6) is 0.572. The lowest BCUT2D eigenvalue weighted by atomic mass is 9.98. The van der Waals surface area contributed by atoms with Crippen LogP contribution in [0.15, 0.2) is 78.2 Å². The molecule has 198 valence electrons. The van der Waals surface area contributed by atoms with Gasteiger partial charge < -0.3 is 9.84 Å². The number of sulfonamides is 1. The lowest BCUT2D eigenvalue weighted by Crippen LogP contribution is -2.48. The Morgan fingerprint density at radius 3 is 2.47 bits per heavy atom. The van der Waals surface area contributed by atoms with Gasteiger partial charge in [0.05, 0.1) is 10.8 Å². The molecule has 38 heavy (non-hydrogen) atoms. The third kappa shape index (κ3) is 6.13. The number of carbonyl (C=O) groups is 1. The van der Waals surface area contributed by atoms with Gasteiger partial charge in [-0.2, -0.15) is 4.31 Å². The SMILES string of the molecule is O=C(O)c1ccc2c(c1)C(SCCN1CCN(S(=O)(=O)C=Cc3ccccc3)CC1)c1ccccc1CO2. The zero-order valence-electron chi connectivity index (χ0n) is 20.9. The normalized spacial score (nSPS) is 18.4. The maximum absolute atomic E-state index is 12.8. The Hall–Kier alpha value is -3.11. The highest BCUT2D eigenvalue weighted by molar-refractivity contribution is 7.99. The summed E-state index contributed by atoms with van der Waals surface area (Å²) >= 11 is 1.76. The summed E-state index contributed by atoms with van der Waals surface area (Å²) in [5.41, 5.74) is 4.21. The predicted octanol–water partition coefficient (Wildman–Crippen LogP) is 4.72. The zero-order chi connectivity index (χ0) is 26.5. The van der Waals surface area contributed by atoms with Crippen molar-refractivity contribution in [2.45, 2.75) is 11.9 Å². The van der Waals surface area contributed by atoms with Crippen LogP contribution in [0, 0.1) is 0 Å². The van der Waals surface area contributed by atoms with Crippen LogP contribution < -0.4 is 4.74 Å². The van der Waals surface area contributed by atoms with Crippen molar-refractivity contribution in [3.8, 4) is 5.75 Å². The van der Waals surface area contributed by atoms with Crippen LogP contribution in [0.3, 0.4) is 0 Å². The van der Waals surface area contributed by atoms with E-state index in [1.54, 1.807) is 40.3 Å². The van der Waals surface area contributed by atoms with Crippen LogP contribution in [-0.4, -0.2) is 67.2 Å². The molecular formula is C29H30N2O5S2. The van der Waals surface area contributed by atoms with Crippen LogP contribution >= 0.6 is 11.8 Å². The fourth-order valence-corrected chi connectivity index (χ4v) is 7.31. The summed E-state index contributed by atoms with van der Waals surface area (Å²) < 4.78 is 33.2. The predicted molar refractivity (Wildman–Crippen MR) is 151 cm³/mol. The number of thioether (sulfide) groups is 1. The number of fused-ring (bicyclic) bond motifs is 2. The number of aromatic carboxylic acids is 1. The van der Waals surface area contributed by atoms with Crippen LogP contribution in [0.25, 0.3) is 6.08 Å². The minimum Gasteiger partial charge on any atom is -0.489 e. The molecule has 0 saturated carbocycles. The maximum atomic E-state index is 12.8. The maximum Gasteiger partial charge on any atom is 0.335 e. The van der Waals surface area contributed by atoms with E-state index in [4.69, 9.17) is 4.74 Å². The summed E-state index contributed by atoms with van der Waals surface area (Å²) in [7, 11) is -3.47. The van der Waals surface area contributed by atoms with Crippen molar-refractivity contribution in [1.29, 1.82) is 0 Å². The average Bonchev–Trinajstić information content (AvgIpc) is 3.09. The Kier molecular flexibility index (Phi) is 8.18. The Balaban J connectivity index is 1.22. The van der Waals surface area contributed by atoms with Gasteiger partial charge in [-0.3, -0.25) is 4.90 Å². The molecule has 2 aliphatic rings. The van der Waals surface area contributed by atoms with Crippen LogP contribution in [-0.2, 0) is 16.6 Å². The molecule has 2 heterocycles. The molecule has 0 amide bonds. The van der Waals surface area contributed by atoms with Crippen molar-refractivity contribution in [2.75, 3.05) is 38.5 Å². The molecule has 1 unspecified atom stereocenters. The van der Waals surface area contributed by atoms with Gasteiger partial charge in [0, 0.05) is 49.4 Å². The van der Waals surface area contributed by atoms with E-state index < -0.39 is 16.0 Å². The van der Waals surface area contributed by atoms with Crippen molar-refractivity contribution in [1.82, 2.24) is 9.21 Å². The molecule has 3 aromatic rings. The van der Waals surface area contributed by atoms with Gasteiger partial charge >= 0.3 is 5.97 Å². The second kappa shape index (κ2) is 11.7. The first-order chi connectivity index (χ1) is 18.4. The van der Waals surface area contributed by atoms with E-state index in [9.17, 15) is 18.3 Å². The molecule has 0 spiro atoms. The van der Waals surface area contributed by atoms with Crippen molar-refractivity contribution >= 4 is 33.8 Å². The summed E-state index contributed by atoms with van der Waals surface area (Å²) in [6, 6.07) is 22.6. The second-order valence-electron chi connectivity index (χ2n) is 9.30. The van der Waals surface area contributed by atoms with Crippen LogP contribution in [0.2, 0.25) is 0 Å². The Bertz CT molecular complexity index is 1420. The monoisotopic (exact) mass is 550 g/mol. The number of hydrogen-bond donors (Lipinski definition) is 1. The standard InChI is InChI=1S/C29H30N2O5S2/c32-29(33)23-10-11-27-26(20-23)28(25-9-5-4-8-24(25)21-36-27)37-18-17-30-13-15-31(16-14-30)38(34,35)19-12-22-6-2-1-3-7-22/h1-12,19-20,28H,13-18,21H2,(H,32,33). The number of carboxylic acid groups (broad SMARTS) is 1. The number of piperazine rings is 1. The van der Waals surface area contributed by atoms with E-state index in [0.717, 1.165) is 34.6 Å². The number of nitrogens with zero attached hydrogens (tertiary/aromatic N) is 2. The highest BCUT2D eigenvalue weighted by Crippen LogP contribution is 2.44. The largest absolute Gasteiger partial charge is 0.489 e. The Morgan fingerprint density at radius 2 is 1.71 bits per heavy atom. The average molecular weight is 551 g/mol. The van der Waals surface area contributed by atoms with Gasteiger partial charge in [0.15, 0.2) is 0 Å². The molecule has 1 N–H and O–H groups in total. The molecule has 1 fully saturated rings. The number of ether oxygens (including phenoxy) is 1. The number of rotatable bonds is 8. The van der Waals surface area contributed by atoms with Crippen LogP contribution in [0.4, 0.5) is 0 Å². The smallest absolute Gasteiger partial charge is 0.335 e. The molecule has 0 aliphatic carbocycles. The first-order valence-corrected chi connectivity index (χ1v) is 15.1. The summed E-state index contributed by atoms with van der Waals surface area (Å²) in [5, 5.41) is 10.8. The molecule has 3 aromatic carbocycles. The molecule has 1 saturated heterocycles. The molecule has 0 aromatic heterocycles. The summed E-state index contributed by atoms with van der Waals surface area (Å²) in [4.78, 5) is 13.9. The highest BCUT2D eigenvalue weighted by Gasteiger charge is 2.28. The topological polar surface area (TPSA) is 87.2 Å². The summed E-state index contributed by atoms with van der Waals surface area (Å²) in [6.07, 6.45) is 1.64. The van der Waals surface area contributed by atoms with E-state index in [-0.39, 0.29) is 10.8 Å². The van der Waals surface area contributed by atoms with E-state index in [2.05, 4.69) is 17.0 Å². The molecule has 9 heteroatoms. The Morgan fingerprint density at radius 1 is 0.974 bits per heavy atom. The molecule has 1 atom stereocenters. The molecule has 2 aliphatic heterocycles. The van der Waals surface area contributed by atoms with Crippen molar-refractivity contribution < 1.29 is 23.1 Å². The lowest BCUT2D eigenvalue weighted by molar-refractivity contribution is 0.0696. The van der Waals surface area contributed by atoms with Gasteiger partial charge in [-0.15, -0.1) is 11.8 Å². The van der Waals surface area contributed by atoms with Crippen molar-refractivity contribution in [3.63, 3.8) is 0 Å². The highest BCUT2D eigenvalue weighted by atomic mass is 32.2. The van der Waals surface area contributed by atoms with Crippen molar-refractivity contribution in [3.05, 3.63) is 106 Å². The van der Waals surface area contributed by atoms with Gasteiger partial charge in [0.2, 0.25) is 10.0 Å². The minimum atomic E-state index is -3.47. The van der Waals surface area contributed by atoms with Gasteiger partial charge in [-0.25, -0.2) is 13.2 Å². The van der Waals surface area contributed by atoms with Gasteiger partial charge in [-0.1, -0.05) is 54.6 Å². The fourth-order valence-electron chi connectivity index (χ4n) is 4.76. The van der Waals surface area contributed by atoms with E-state index in [1.165, 1.54) is 5.41 Å². The molecular weight excluding hydrogens is 520 g/mol. The molecule has 0 radical (unpaired) electrons. The fraction of sp³-hybridized carbons (Fsp3) is 0.276. The Labute approximate surface area is 227 Å². The second-order valence-corrected chi connectivity index (χ2v) is 12.3. The molecule has 7 nitrogen and oxygen atoms in total. The first kappa shape index (κ1) is 26.5. The minimum absolute atomic E-state index is 0.0483. The van der Waals surface area contributed by atoms with Crippen molar-refractivity contribution in [2.24, 2.45) is 0 Å². The quantitative estimate of drug-likeness (QED) is 0.434. The van der Waals surface area contributed by atoms with Crippen LogP contribution in [0.5, 0.6) is 5.75 Å². The van der Waals surface area contributed by atoms with E-state index in [1.807, 2.05) is 42.5 Å². The third-order valence-electron chi connectivity index (χ3n) is 6.88. The van der Waals surface area contributed by atoms with Gasteiger partial charge in [0.1, 0.15) is 12.4 Å². The first-order valence-electron chi connectivity index (χ1n) is 12.6.